The molecule has 3 rings (SSSR count). The minimum absolute atomic E-state index is 0.0800. The Morgan fingerprint density at radius 3 is 2.82 bits per heavy atom. The summed E-state index contributed by atoms with van der Waals surface area (Å²) in [7, 11) is 2.00. The predicted molar refractivity (Wildman–Crippen MR) is 76.4 cm³/mol. The number of piperidine rings is 1. The van der Waals surface area contributed by atoms with Crippen molar-refractivity contribution < 1.29 is 35.9 Å². The summed E-state index contributed by atoms with van der Waals surface area (Å²) in [6.45, 7) is 2.92. The Kier molecular flexibility index (Phi) is 4.07. The molecular weight excluding hydrogens is 397 g/mol. The van der Waals surface area contributed by atoms with Gasteiger partial charge in [-0.25, -0.2) is 0 Å². The van der Waals surface area contributed by atoms with Gasteiger partial charge in [0, 0.05) is 0 Å². The molecule has 2 aliphatic heterocycles. The molecule has 0 spiro atoms. The quantitative estimate of drug-likeness (QED) is 0.340. The first-order chi connectivity index (χ1) is 10.5. The van der Waals surface area contributed by atoms with Crippen molar-refractivity contribution in [1.29, 1.82) is 0 Å². The first kappa shape index (κ1) is 15.3. The van der Waals surface area contributed by atoms with Crippen molar-refractivity contribution in [2.75, 3.05) is 18.5 Å². The molecule has 0 aromatic heterocycles. The second kappa shape index (κ2) is 5.86. The van der Waals surface area contributed by atoms with Crippen molar-refractivity contribution in [3.63, 3.8) is 0 Å². The van der Waals surface area contributed by atoms with Crippen LogP contribution in [0.5, 0.6) is 0 Å². The van der Waals surface area contributed by atoms with Gasteiger partial charge in [0.1, 0.15) is 0 Å². The summed E-state index contributed by atoms with van der Waals surface area (Å²) in [5.41, 5.74) is 1.77. The summed E-state index contributed by atoms with van der Waals surface area (Å²) in [6.07, 6.45) is 0.713. The zero-order valence-electron chi connectivity index (χ0n) is 12.4. The van der Waals surface area contributed by atoms with Crippen molar-refractivity contribution >= 4 is 23.4 Å². The van der Waals surface area contributed by atoms with Crippen LogP contribution in [0.15, 0.2) is 18.2 Å². The molecular formula is C15H17IN3O3-. The molecule has 0 bridgehead atoms. The van der Waals surface area contributed by atoms with Crippen LogP contribution in [0.2, 0.25) is 0 Å². The number of anilines is 1. The second-order valence-electron chi connectivity index (χ2n) is 5.32. The maximum absolute atomic E-state index is 12.7. The van der Waals surface area contributed by atoms with Crippen LogP contribution >= 0.6 is 0 Å². The molecule has 1 saturated heterocycles. The number of imide groups is 1. The van der Waals surface area contributed by atoms with Crippen LogP contribution in [-0.2, 0) is 9.59 Å². The van der Waals surface area contributed by atoms with Crippen molar-refractivity contribution in [1.82, 2.24) is 8.43 Å². The Morgan fingerprint density at radius 2 is 2.14 bits per heavy atom. The van der Waals surface area contributed by atoms with Crippen molar-refractivity contribution in [3.05, 3.63) is 27.3 Å². The number of carbonyl (C=O) groups excluding carboxylic acids is 3. The normalized spacial score (nSPS) is 21.3. The summed E-state index contributed by atoms with van der Waals surface area (Å²) in [4.78, 5) is 38.1. The fraction of sp³-hybridized carbons (Fsp3) is 0.400. The molecule has 1 N–H and O–H groups in total. The van der Waals surface area contributed by atoms with Gasteiger partial charge in [-0.1, -0.05) is 0 Å². The fourth-order valence-corrected chi connectivity index (χ4v) is 5.96. The van der Waals surface area contributed by atoms with E-state index in [0.717, 1.165) is 15.8 Å². The van der Waals surface area contributed by atoms with E-state index in [-0.39, 0.29) is 17.7 Å². The number of nitrogens with one attached hydrogen (secondary N) is 1. The average molecular weight is 414 g/mol. The maximum atomic E-state index is 12.7. The van der Waals surface area contributed by atoms with Gasteiger partial charge in [-0.2, -0.15) is 0 Å². The topological polar surface area (TPSA) is 69.7 Å². The molecule has 7 heteroatoms. The zero-order valence-corrected chi connectivity index (χ0v) is 14.6. The van der Waals surface area contributed by atoms with E-state index in [4.69, 9.17) is 0 Å². The Balaban J connectivity index is 1.91. The Bertz CT molecular complexity index is 661. The number of hydrogen-bond acceptors (Lipinski definition) is 4. The molecule has 1 aromatic carbocycles. The van der Waals surface area contributed by atoms with Gasteiger partial charge >= 0.3 is 139 Å². The molecule has 118 valence electrons. The van der Waals surface area contributed by atoms with Crippen LogP contribution in [0, 0.1) is 3.57 Å². The molecule has 0 aliphatic carbocycles. The molecule has 3 amide bonds. The number of halogens is 1. The summed E-state index contributed by atoms with van der Waals surface area (Å²) >= 11 is -0.742. The second-order valence-corrected chi connectivity index (χ2v) is 7.92. The monoisotopic (exact) mass is 414 g/mol. The molecule has 1 aromatic rings. The molecule has 22 heavy (non-hydrogen) atoms. The predicted octanol–water partition coefficient (Wildman–Crippen LogP) is -2.42. The number of hydrogen-bond donors (Lipinski definition) is 1. The van der Waals surface area contributed by atoms with Gasteiger partial charge < -0.3 is 0 Å². The van der Waals surface area contributed by atoms with Crippen LogP contribution in [-0.4, -0.2) is 40.5 Å². The third kappa shape index (κ3) is 2.47. The van der Waals surface area contributed by atoms with Gasteiger partial charge in [-0.3, -0.25) is 0 Å². The molecule has 0 saturated carbocycles. The number of nitrogens with zero attached hydrogens (tertiary/aromatic N) is 2. The van der Waals surface area contributed by atoms with Crippen molar-refractivity contribution in [2.24, 2.45) is 0 Å². The van der Waals surface area contributed by atoms with E-state index >= 15 is 0 Å². The van der Waals surface area contributed by atoms with Crippen molar-refractivity contribution in [2.45, 2.75) is 25.8 Å². The van der Waals surface area contributed by atoms with E-state index in [9.17, 15) is 14.4 Å². The third-order valence-corrected chi connectivity index (χ3v) is 7.19. The van der Waals surface area contributed by atoms with Gasteiger partial charge in [0.15, 0.2) is 0 Å². The molecule has 1 unspecified atom stereocenters. The average Bonchev–Trinajstić information content (AvgIpc) is 2.84. The van der Waals surface area contributed by atoms with Crippen LogP contribution in [0.25, 0.3) is 0 Å². The van der Waals surface area contributed by atoms with E-state index in [1.807, 2.05) is 25.2 Å². The van der Waals surface area contributed by atoms with E-state index in [0.29, 0.717) is 18.4 Å². The minimum atomic E-state index is -0.742. The van der Waals surface area contributed by atoms with E-state index in [1.54, 1.807) is 3.11 Å². The van der Waals surface area contributed by atoms with E-state index < -0.39 is 27.5 Å². The summed E-state index contributed by atoms with van der Waals surface area (Å²) in [5.74, 6) is -0.679. The van der Waals surface area contributed by atoms with Crippen LogP contribution < -0.4 is 31.7 Å². The number of rotatable bonds is 3. The number of benzene rings is 1. The first-order valence-electron chi connectivity index (χ1n) is 7.19. The standard InChI is InChI=1S/C15H17IN3O3/c1-3-18(2)10-6-4-5-9-13(10)16-19(15(9)22)11-7-8-12(20)17-14(11)21/h4-6,11H,3,7-8H2,1-2H3,(H,17,20,21)/q-1. The summed E-state index contributed by atoms with van der Waals surface area (Å²) < 4.78 is 2.76. The number of fused-ring (bicyclic) bond motifs is 1. The van der Waals surface area contributed by atoms with Crippen LogP contribution in [0.4, 0.5) is 5.69 Å². The summed E-state index contributed by atoms with van der Waals surface area (Å²) in [5, 5.41) is 2.34. The van der Waals surface area contributed by atoms with E-state index in [1.165, 1.54) is 0 Å². The Hall–Kier alpha value is -1.64. The molecule has 1 fully saturated rings. The van der Waals surface area contributed by atoms with Gasteiger partial charge in [0.25, 0.3) is 0 Å². The molecule has 2 heterocycles. The van der Waals surface area contributed by atoms with Gasteiger partial charge in [0.05, 0.1) is 0 Å². The Morgan fingerprint density at radius 1 is 1.36 bits per heavy atom. The SMILES string of the molecule is CCN(C)c1cccc2c1[I-]N(C1CCC(=O)NC1=O)C2=O. The molecule has 1 atom stereocenters. The van der Waals surface area contributed by atoms with Crippen LogP contribution in [0.1, 0.15) is 30.1 Å². The number of carbonyl (C=O) groups is 3. The first-order valence-corrected chi connectivity index (χ1v) is 9.23. The molecule has 0 radical (unpaired) electrons. The van der Waals surface area contributed by atoms with Gasteiger partial charge in [-0.15, -0.1) is 0 Å². The number of amides is 3. The van der Waals surface area contributed by atoms with Crippen LogP contribution in [0.3, 0.4) is 0 Å². The molecule has 6 nitrogen and oxygen atoms in total. The fourth-order valence-electron chi connectivity index (χ4n) is 2.58. The molecule has 2 aliphatic rings. The summed E-state index contributed by atoms with van der Waals surface area (Å²) in [6, 6.07) is 5.22. The van der Waals surface area contributed by atoms with Gasteiger partial charge in [0.2, 0.25) is 0 Å². The van der Waals surface area contributed by atoms with Gasteiger partial charge in [-0.05, 0) is 0 Å². The van der Waals surface area contributed by atoms with Crippen molar-refractivity contribution in [3.8, 4) is 0 Å². The van der Waals surface area contributed by atoms with E-state index in [2.05, 4.69) is 17.1 Å². The zero-order chi connectivity index (χ0) is 15.9. The Labute approximate surface area is 139 Å². The third-order valence-electron chi connectivity index (χ3n) is 3.95.